The summed E-state index contributed by atoms with van der Waals surface area (Å²) in [4.78, 5) is 36.1. The van der Waals surface area contributed by atoms with Crippen molar-refractivity contribution < 1.29 is 9.53 Å². The van der Waals surface area contributed by atoms with Crippen LogP contribution in [0.25, 0.3) is 0 Å². The molecule has 1 fully saturated rings. The molecule has 7 nitrogen and oxygen atoms in total. The first-order chi connectivity index (χ1) is 15.5. The molecular formula is C24H28N4O3S. The molecule has 0 aliphatic carbocycles. The second-order valence-corrected chi connectivity index (χ2v) is 8.96. The first-order valence-corrected chi connectivity index (χ1v) is 11.7. The van der Waals surface area contributed by atoms with Crippen molar-refractivity contribution in [3.05, 3.63) is 79.4 Å². The van der Waals surface area contributed by atoms with Crippen LogP contribution in [0.5, 0.6) is 0 Å². The predicted molar refractivity (Wildman–Crippen MR) is 126 cm³/mol. The fourth-order valence-corrected chi connectivity index (χ4v) is 4.62. The number of thiophene rings is 1. The molecule has 1 saturated heterocycles. The maximum absolute atomic E-state index is 12.8. The Bertz CT molecular complexity index is 1100. The number of aromatic amines is 1. The predicted octanol–water partition coefficient (Wildman–Crippen LogP) is 3.12. The highest BCUT2D eigenvalue weighted by Gasteiger charge is 2.20. The van der Waals surface area contributed by atoms with Crippen molar-refractivity contribution in [2.45, 2.75) is 32.7 Å². The van der Waals surface area contributed by atoms with Crippen molar-refractivity contribution in [2.24, 2.45) is 0 Å². The number of nitrogens with zero attached hydrogens (tertiary/aromatic N) is 2. The van der Waals surface area contributed by atoms with Crippen LogP contribution in [-0.4, -0.2) is 42.2 Å². The van der Waals surface area contributed by atoms with Gasteiger partial charge in [-0.05, 0) is 37.3 Å². The Hall–Kier alpha value is -2.97. The minimum Gasteiger partial charge on any atom is -0.378 e. The summed E-state index contributed by atoms with van der Waals surface area (Å²) in [7, 11) is 0. The maximum atomic E-state index is 12.8. The summed E-state index contributed by atoms with van der Waals surface area (Å²) in [5.41, 5.74) is 3.25. The van der Waals surface area contributed by atoms with Crippen LogP contribution >= 0.6 is 11.3 Å². The van der Waals surface area contributed by atoms with Crippen LogP contribution in [0.2, 0.25) is 0 Å². The number of carbonyl (C=O) groups excluding carboxylic acids is 1. The molecular weight excluding hydrogens is 424 g/mol. The van der Waals surface area contributed by atoms with E-state index in [1.807, 2.05) is 60.5 Å². The number of aryl methyl sites for hydroxylation is 2. The second-order valence-electron chi connectivity index (χ2n) is 7.98. The van der Waals surface area contributed by atoms with Crippen molar-refractivity contribution in [1.29, 1.82) is 0 Å². The molecule has 1 aliphatic rings. The van der Waals surface area contributed by atoms with Gasteiger partial charge in [-0.3, -0.25) is 14.6 Å². The third-order valence-electron chi connectivity index (χ3n) is 5.67. The van der Waals surface area contributed by atoms with E-state index in [-0.39, 0.29) is 23.9 Å². The van der Waals surface area contributed by atoms with E-state index < -0.39 is 0 Å². The molecule has 1 aromatic carbocycles. The Morgan fingerprint density at radius 1 is 1.22 bits per heavy atom. The van der Waals surface area contributed by atoms with Gasteiger partial charge >= 0.3 is 0 Å². The van der Waals surface area contributed by atoms with Crippen LogP contribution in [0.3, 0.4) is 0 Å². The molecule has 4 rings (SSSR count). The maximum Gasteiger partial charge on any atom is 0.255 e. The number of carbonyl (C=O) groups is 1. The Balaban J connectivity index is 1.44. The molecule has 0 bridgehead atoms. The molecule has 2 N–H and O–H groups in total. The minimum absolute atomic E-state index is 0.0972. The molecule has 1 atom stereocenters. The van der Waals surface area contributed by atoms with Crippen molar-refractivity contribution in [2.75, 3.05) is 31.2 Å². The molecule has 0 unspecified atom stereocenters. The van der Waals surface area contributed by atoms with Gasteiger partial charge in [0.15, 0.2) is 0 Å². The standard InChI is InChI=1S/C24H28N4O3S/c1-16-5-7-18(8-6-16)22(20-4-3-15-32-20)26-21(29)10-9-19-17(2)25-24(27-23(19)30)28-11-13-31-14-12-28/h3-8,15,22H,9-14H2,1-2H3,(H,26,29)(H,25,27,30)/t22-/m1/s1. The van der Waals surface area contributed by atoms with Crippen molar-refractivity contribution in [1.82, 2.24) is 15.3 Å². The van der Waals surface area contributed by atoms with Crippen LogP contribution in [0, 0.1) is 13.8 Å². The summed E-state index contributed by atoms with van der Waals surface area (Å²) in [5.74, 6) is 0.473. The number of H-pyrrole nitrogens is 1. The van der Waals surface area contributed by atoms with Gasteiger partial charge in [0.2, 0.25) is 11.9 Å². The minimum atomic E-state index is -0.204. The third-order valence-corrected chi connectivity index (χ3v) is 6.60. The number of rotatable bonds is 7. The lowest BCUT2D eigenvalue weighted by atomic mass is 10.0. The largest absolute Gasteiger partial charge is 0.378 e. The van der Waals surface area contributed by atoms with E-state index in [0.717, 1.165) is 10.4 Å². The van der Waals surface area contributed by atoms with Crippen LogP contribution in [0.4, 0.5) is 5.95 Å². The molecule has 3 aromatic rings. The molecule has 1 aliphatic heterocycles. The summed E-state index contributed by atoms with van der Waals surface area (Å²) in [6.07, 6.45) is 0.560. The normalized spacial score (nSPS) is 14.9. The van der Waals surface area contributed by atoms with E-state index in [4.69, 9.17) is 4.74 Å². The highest BCUT2D eigenvalue weighted by atomic mass is 32.1. The first-order valence-electron chi connectivity index (χ1n) is 10.8. The average molecular weight is 453 g/mol. The molecule has 0 radical (unpaired) electrons. The van der Waals surface area contributed by atoms with E-state index in [9.17, 15) is 9.59 Å². The van der Waals surface area contributed by atoms with Crippen LogP contribution < -0.4 is 15.8 Å². The van der Waals surface area contributed by atoms with Gasteiger partial charge in [0.1, 0.15) is 0 Å². The Morgan fingerprint density at radius 2 is 1.97 bits per heavy atom. The summed E-state index contributed by atoms with van der Waals surface area (Å²) in [5, 5.41) is 5.15. The highest BCUT2D eigenvalue weighted by molar-refractivity contribution is 7.10. The summed E-state index contributed by atoms with van der Waals surface area (Å²) in [6.45, 7) is 6.52. The van der Waals surface area contributed by atoms with Gasteiger partial charge in [0, 0.05) is 35.6 Å². The van der Waals surface area contributed by atoms with E-state index in [1.54, 1.807) is 11.3 Å². The number of amides is 1. The van der Waals surface area contributed by atoms with Gasteiger partial charge < -0.3 is 15.0 Å². The van der Waals surface area contributed by atoms with E-state index in [2.05, 4.69) is 15.3 Å². The second kappa shape index (κ2) is 10.1. The molecule has 1 amide bonds. The number of nitrogens with one attached hydrogen (secondary N) is 2. The number of hydrogen-bond donors (Lipinski definition) is 2. The number of morpholine rings is 1. The first kappa shape index (κ1) is 22.2. The van der Waals surface area contributed by atoms with Gasteiger partial charge in [-0.25, -0.2) is 4.98 Å². The lowest BCUT2D eigenvalue weighted by molar-refractivity contribution is -0.121. The lowest BCUT2D eigenvalue weighted by Crippen LogP contribution is -2.38. The molecule has 2 aromatic heterocycles. The van der Waals surface area contributed by atoms with Gasteiger partial charge in [-0.15, -0.1) is 11.3 Å². The van der Waals surface area contributed by atoms with Crippen molar-refractivity contribution in [3.8, 4) is 0 Å². The SMILES string of the molecule is Cc1ccc([C@@H](NC(=O)CCc2c(C)nc(N3CCOCC3)[nH]c2=O)c2cccs2)cc1. The highest BCUT2D eigenvalue weighted by Crippen LogP contribution is 2.26. The van der Waals surface area contributed by atoms with Crippen LogP contribution in [0.15, 0.2) is 46.6 Å². The quantitative estimate of drug-likeness (QED) is 0.575. The van der Waals surface area contributed by atoms with E-state index in [1.165, 1.54) is 5.56 Å². The van der Waals surface area contributed by atoms with Crippen LogP contribution in [-0.2, 0) is 16.0 Å². The smallest absolute Gasteiger partial charge is 0.255 e. The Morgan fingerprint density at radius 3 is 2.62 bits per heavy atom. The molecule has 8 heteroatoms. The average Bonchev–Trinajstić information content (AvgIpc) is 3.33. The number of anilines is 1. The summed E-state index contributed by atoms with van der Waals surface area (Å²) in [6, 6.07) is 12.0. The molecule has 3 heterocycles. The van der Waals surface area contributed by atoms with Crippen molar-refractivity contribution >= 4 is 23.2 Å². The molecule has 168 valence electrons. The van der Waals surface area contributed by atoms with Gasteiger partial charge in [0.25, 0.3) is 5.56 Å². The number of benzene rings is 1. The van der Waals surface area contributed by atoms with Gasteiger partial charge in [-0.1, -0.05) is 35.9 Å². The van der Waals surface area contributed by atoms with Crippen LogP contribution in [0.1, 0.15) is 39.7 Å². The zero-order chi connectivity index (χ0) is 22.5. The lowest BCUT2D eigenvalue weighted by Gasteiger charge is -2.27. The summed E-state index contributed by atoms with van der Waals surface area (Å²) >= 11 is 1.61. The number of hydrogen-bond acceptors (Lipinski definition) is 6. The number of ether oxygens (including phenoxy) is 1. The zero-order valence-electron chi connectivity index (χ0n) is 18.4. The molecule has 0 saturated carbocycles. The van der Waals surface area contributed by atoms with Gasteiger partial charge in [0.05, 0.1) is 19.3 Å². The Kier molecular flexibility index (Phi) is 7.02. The number of aromatic nitrogens is 2. The van der Waals surface area contributed by atoms with E-state index >= 15 is 0 Å². The monoisotopic (exact) mass is 452 g/mol. The topological polar surface area (TPSA) is 87.3 Å². The fourth-order valence-electron chi connectivity index (χ4n) is 3.82. The Labute approximate surface area is 191 Å². The van der Waals surface area contributed by atoms with E-state index in [0.29, 0.717) is 49.9 Å². The zero-order valence-corrected chi connectivity index (χ0v) is 19.2. The molecule has 0 spiro atoms. The van der Waals surface area contributed by atoms with Crippen molar-refractivity contribution in [3.63, 3.8) is 0 Å². The fraction of sp³-hybridized carbons (Fsp3) is 0.375. The molecule has 32 heavy (non-hydrogen) atoms. The van der Waals surface area contributed by atoms with Gasteiger partial charge in [-0.2, -0.15) is 0 Å². The summed E-state index contributed by atoms with van der Waals surface area (Å²) < 4.78 is 5.36. The third kappa shape index (κ3) is 5.26.